The molecule has 0 amide bonds. The number of carbonyl (C=O) groups excluding carboxylic acids is 1. The largest absolute Gasteiger partial charge is 0.329 e. The van der Waals surface area contributed by atoms with Gasteiger partial charge in [0.15, 0.2) is 5.78 Å². The van der Waals surface area contributed by atoms with Gasteiger partial charge in [-0.1, -0.05) is 54.6 Å². The zero-order chi connectivity index (χ0) is 20.4. The van der Waals surface area contributed by atoms with Crippen LogP contribution in [0.4, 0.5) is 0 Å². The molecule has 1 aliphatic rings. The first-order valence-electron chi connectivity index (χ1n) is 9.86. The molecule has 5 nitrogen and oxygen atoms in total. The Morgan fingerprint density at radius 1 is 0.966 bits per heavy atom. The molecule has 150 valence electrons. The molecule has 6 heteroatoms. The predicted octanol–water partition coefficient (Wildman–Crippen LogP) is 2.13. The highest BCUT2D eigenvalue weighted by atomic mass is 32.2. The second kappa shape index (κ2) is 8.06. The third-order valence-corrected chi connectivity index (χ3v) is 7.52. The summed E-state index contributed by atoms with van der Waals surface area (Å²) in [5, 5.41) is 2.49. The summed E-state index contributed by atoms with van der Waals surface area (Å²) in [5.74, 6) is -0.133. The van der Waals surface area contributed by atoms with Crippen LogP contribution in [0, 0.1) is 0 Å². The van der Waals surface area contributed by atoms with Crippen molar-refractivity contribution in [2.45, 2.75) is 18.4 Å². The van der Waals surface area contributed by atoms with Crippen LogP contribution in [0.2, 0.25) is 0 Å². The molecule has 1 aliphatic heterocycles. The average Bonchev–Trinajstić information content (AvgIpc) is 2.74. The number of piperazine rings is 1. The topological polar surface area (TPSA) is 58.9 Å². The average molecular weight is 410 g/mol. The number of nitrogens with zero attached hydrogens (tertiary/aromatic N) is 1. The van der Waals surface area contributed by atoms with Gasteiger partial charge in [-0.2, -0.15) is 4.31 Å². The highest BCUT2D eigenvalue weighted by molar-refractivity contribution is 7.89. The van der Waals surface area contributed by atoms with Crippen LogP contribution in [0.25, 0.3) is 10.8 Å². The summed E-state index contributed by atoms with van der Waals surface area (Å²) in [6.07, 6.45) is 0. The fourth-order valence-electron chi connectivity index (χ4n) is 3.96. The standard InChI is InChI=1S/C23H24N2O3S/c1-18(26)20-8-5-10-22(16-20)29(27,28)25-14-12-24(13-15-25)17-21-9-4-7-19-6-2-3-11-23(19)21/h2-11,16H,12-15,17H2,1H3/p+1. The van der Waals surface area contributed by atoms with Crippen LogP contribution in [0.5, 0.6) is 0 Å². The van der Waals surface area contributed by atoms with Crippen LogP contribution in [0.15, 0.2) is 71.6 Å². The number of rotatable bonds is 5. The smallest absolute Gasteiger partial charge is 0.243 e. The second-order valence-corrected chi connectivity index (χ2v) is 9.49. The molecular formula is C23H25N2O3S+. The molecule has 0 unspecified atom stereocenters. The van der Waals surface area contributed by atoms with Gasteiger partial charge in [0.1, 0.15) is 6.54 Å². The van der Waals surface area contributed by atoms with E-state index < -0.39 is 10.0 Å². The van der Waals surface area contributed by atoms with Crippen LogP contribution in [0.1, 0.15) is 22.8 Å². The Hall–Kier alpha value is -2.54. The molecule has 0 saturated carbocycles. The number of fused-ring (bicyclic) bond motifs is 1. The molecule has 3 aromatic rings. The summed E-state index contributed by atoms with van der Waals surface area (Å²) in [4.78, 5) is 13.2. The number of hydrogen-bond donors (Lipinski definition) is 1. The number of sulfonamides is 1. The van der Waals surface area contributed by atoms with Gasteiger partial charge in [0, 0.05) is 11.1 Å². The number of nitrogens with one attached hydrogen (secondary N) is 1. The second-order valence-electron chi connectivity index (χ2n) is 7.55. The van der Waals surface area contributed by atoms with E-state index in [9.17, 15) is 13.2 Å². The molecule has 1 heterocycles. The van der Waals surface area contributed by atoms with Crippen LogP contribution >= 0.6 is 0 Å². The summed E-state index contributed by atoms with van der Waals surface area (Å²) >= 11 is 0. The van der Waals surface area contributed by atoms with Crippen molar-refractivity contribution in [2.75, 3.05) is 26.2 Å². The molecule has 0 spiro atoms. The summed E-state index contributed by atoms with van der Waals surface area (Å²) < 4.78 is 27.6. The zero-order valence-electron chi connectivity index (χ0n) is 16.5. The number of quaternary nitrogens is 1. The Bertz CT molecular complexity index is 1140. The first kappa shape index (κ1) is 19.8. The zero-order valence-corrected chi connectivity index (χ0v) is 17.3. The maximum absolute atomic E-state index is 13.0. The molecule has 1 N–H and O–H groups in total. The Balaban J connectivity index is 1.46. The van der Waals surface area contributed by atoms with Gasteiger partial charge in [0.25, 0.3) is 0 Å². The lowest BCUT2D eigenvalue weighted by Gasteiger charge is -2.31. The van der Waals surface area contributed by atoms with E-state index in [0.717, 1.165) is 19.6 Å². The normalized spacial score (nSPS) is 16.2. The first-order chi connectivity index (χ1) is 13.9. The molecule has 1 saturated heterocycles. The quantitative estimate of drug-likeness (QED) is 0.657. The molecule has 0 bridgehead atoms. The minimum atomic E-state index is -3.58. The van der Waals surface area contributed by atoms with Crippen LogP contribution in [-0.2, 0) is 16.6 Å². The number of Topliss-reactive ketones (excluding diaryl/α,β-unsaturated/α-hetero) is 1. The molecule has 3 aromatic carbocycles. The molecule has 0 atom stereocenters. The maximum atomic E-state index is 13.0. The van der Waals surface area contributed by atoms with E-state index in [2.05, 4.69) is 36.4 Å². The molecular weight excluding hydrogens is 384 g/mol. The lowest BCUT2D eigenvalue weighted by atomic mass is 10.0. The highest BCUT2D eigenvalue weighted by Gasteiger charge is 2.30. The van der Waals surface area contributed by atoms with Crippen LogP contribution in [0.3, 0.4) is 0 Å². The van der Waals surface area contributed by atoms with Gasteiger partial charge in [-0.3, -0.25) is 4.79 Å². The number of hydrogen-bond acceptors (Lipinski definition) is 3. The number of ketones is 1. The van der Waals surface area contributed by atoms with E-state index in [-0.39, 0.29) is 10.7 Å². The SMILES string of the molecule is CC(=O)c1cccc(S(=O)(=O)N2CC[NH+](Cc3cccc4ccccc34)CC2)c1. The van der Waals surface area contributed by atoms with E-state index in [1.165, 1.54) is 34.2 Å². The number of carbonyl (C=O) groups is 1. The summed E-state index contributed by atoms with van der Waals surface area (Å²) in [5.41, 5.74) is 1.72. The minimum Gasteiger partial charge on any atom is -0.329 e. The predicted molar refractivity (Wildman–Crippen MR) is 114 cm³/mol. The summed E-state index contributed by atoms with van der Waals surface area (Å²) in [6, 6.07) is 21.0. The van der Waals surface area contributed by atoms with E-state index >= 15 is 0 Å². The van der Waals surface area contributed by atoms with Crippen molar-refractivity contribution in [2.24, 2.45) is 0 Å². The third kappa shape index (κ3) is 4.10. The minimum absolute atomic E-state index is 0.133. The Morgan fingerprint density at radius 3 is 2.41 bits per heavy atom. The molecule has 0 radical (unpaired) electrons. The van der Waals surface area contributed by atoms with E-state index in [1.807, 2.05) is 6.07 Å². The van der Waals surface area contributed by atoms with Crippen molar-refractivity contribution in [3.63, 3.8) is 0 Å². The molecule has 0 aromatic heterocycles. The molecule has 29 heavy (non-hydrogen) atoms. The fourth-order valence-corrected chi connectivity index (χ4v) is 5.45. The summed E-state index contributed by atoms with van der Waals surface area (Å²) in [6.45, 7) is 4.80. The maximum Gasteiger partial charge on any atom is 0.243 e. The van der Waals surface area contributed by atoms with Crippen molar-refractivity contribution >= 4 is 26.6 Å². The van der Waals surface area contributed by atoms with E-state index in [1.54, 1.807) is 22.5 Å². The highest BCUT2D eigenvalue weighted by Crippen LogP contribution is 2.19. The number of benzene rings is 3. The van der Waals surface area contributed by atoms with Crippen molar-refractivity contribution in [3.05, 3.63) is 77.9 Å². The fraction of sp³-hybridized carbons (Fsp3) is 0.261. The van der Waals surface area contributed by atoms with Gasteiger partial charge in [0.2, 0.25) is 10.0 Å². The van der Waals surface area contributed by atoms with Gasteiger partial charge in [0.05, 0.1) is 31.1 Å². The van der Waals surface area contributed by atoms with E-state index in [0.29, 0.717) is 18.7 Å². The Kier molecular flexibility index (Phi) is 5.50. The van der Waals surface area contributed by atoms with Gasteiger partial charge in [-0.25, -0.2) is 8.42 Å². The van der Waals surface area contributed by atoms with Gasteiger partial charge in [-0.05, 0) is 29.8 Å². The van der Waals surface area contributed by atoms with Gasteiger partial charge >= 0.3 is 0 Å². The summed E-state index contributed by atoms with van der Waals surface area (Å²) in [7, 11) is -3.58. The Morgan fingerprint density at radius 2 is 1.66 bits per heavy atom. The third-order valence-electron chi connectivity index (χ3n) is 5.63. The first-order valence-corrected chi connectivity index (χ1v) is 11.3. The lowest BCUT2D eigenvalue weighted by molar-refractivity contribution is -0.917. The van der Waals surface area contributed by atoms with Crippen molar-refractivity contribution in [1.29, 1.82) is 0 Å². The van der Waals surface area contributed by atoms with Gasteiger partial charge < -0.3 is 4.90 Å². The van der Waals surface area contributed by atoms with Gasteiger partial charge in [-0.15, -0.1) is 0 Å². The Labute approximate surface area is 171 Å². The monoisotopic (exact) mass is 409 g/mol. The molecule has 1 fully saturated rings. The van der Waals surface area contributed by atoms with Crippen molar-refractivity contribution in [3.8, 4) is 0 Å². The molecule has 4 rings (SSSR count). The van der Waals surface area contributed by atoms with Crippen molar-refractivity contribution < 1.29 is 18.1 Å². The van der Waals surface area contributed by atoms with Crippen molar-refractivity contribution in [1.82, 2.24) is 4.31 Å². The molecule has 0 aliphatic carbocycles. The van der Waals surface area contributed by atoms with Crippen LogP contribution in [-0.4, -0.2) is 44.7 Å². The lowest BCUT2D eigenvalue weighted by Crippen LogP contribution is -3.13. The van der Waals surface area contributed by atoms with Crippen LogP contribution < -0.4 is 4.90 Å². The van der Waals surface area contributed by atoms with E-state index in [4.69, 9.17) is 0 Å².